The Morgan fingerprint density at radius 1 is 1.57 bits per heavy atom. The van der Waals surface area contributed by atoms with Gasteiger partial charge in [0.15, 0.2) is 4.60 Å². The van der Waals surface area contributed by atoms with Crippen LogP contribution in [0.25, 0.3) is 0 Å². The summed E-state index contributed by atoms with van der Waals surface area (Å²) in [6.45, 7) is 0. The average Bonchev–Trinajstić information content (AvgIpc) is 2.27. The minimum atomic E-state index is -4.29. The van der Waals surface area contributed by atoms with E-state index in [0.29, 0.717) is 0 Å². The Morgan fingerprint density at radius 2 is 2.14 bits per heavy atom. The minimum absolute atomic E-state index is 0.238. The monoisotopic (exact) mass is 272 g/mol. The maximum absolute atomic E-state index is 12.0. The molecule has 0 unspecified atom stereocenters. The van der Waals surface area contributed by atoms with Crippen LogP contribution < -0.4 is 5.73 Å². The van der Waals surface area contributed by atoms with E-state index in [4.69, 9.17) is 5.73 Å². The molecule has 0 aliphatic carbocycles. The van der Waals surface area contributed by atoms with Gasteiger partial charge in [-0.2, -0.15) is 13.2 Å². The van der Waals surface area contributed by atoms with Gasteiger partial charge in [-0.3, -0.25) is 0 Å². The first-order chi connectivity index (χ1) is 6.31. The number of rotatable bonds is 2. The van der Waals surface area contributed by atoms with Gasteiger partial charge in [-0.1, -0.05) is 5.21 Å². The first-order valence-corrected chi connectivity index (χ1v) is 4.48. The van der Waals surface area contributed by atoms with E-state index in [1.165, 1.54) is 11.7 Å². The molecule has 1 heterocycles. The smallest absolute Gasteiger partial charge is 0.322 e. The third-order valence-corrected chi connectivity index (χ3v) is 2.19. The van der Waals surface area contributed by atoms with Crippen LogP contribution >= 0.6 is 15.9 Å². The molecule has 4 nitrogen and oxygen atoms in total. The molecule has 1 rings (SSSR count). The highest BCUT2D eigenvalue weighted by Gasteiger charge is 2.33. The third-order valence-electron chi connectivity index (χ3n) is 1.63. The highest BCUT2D eigenvalue weighted by Crippen LogP contribution is 2.29. The SMILES string of the molecule is Cn1nnc(Br)c1[C@@H](N)CC(F)(F)F. The van der Waals surface area contributed by atoms with Gasteiger partial charge in [-0.25, -0.2) is 4.68 Å². The molecule has 8 heteroatoms. The normalized spacial score (nSPS) is 14.4. The van der Waals surface area contributed by atoms with E-state index < -0.39 is 18.6 Å². The minimum Gasteiger partial charge on any atom is -0.322 e. The molecule has 0 spiro atoms. The Hall–Kier alpha value is -0.630. The molecule has 1 aromatic heterocycles. The van der Waals surface area contributed by atoms with Crippen molar-refractivity contribution < 1.29 is 13.2 Å². The summed E-state index contributed by atoms with van der Waals surface area (Å²) in [5, 5.41) is 7.09. The second-order valence-corrected chi connectivity index (χ2v) is 3.57. The van der Waals surface area contributed by atoms with Gasteiger partial charge >= 0.3 is 6.18 Å². The van der Waals surface area contributed by atoms with E-state index in [0.717, 1.165) is 0 Å². The fourth-order valence-electron chi connectivity index (χ4n) is 1.08. The lowest BCUT2D eigenvalue weighted by Gasteiger charge is -2.13. The predicted octanol–water partition coefficient (Wildman–Crippen LogP) is 1.53. The highest BCUT2D eigenvalue weighted by molar-refractivity contribution is 9.10. The molecule has 0 radical (unpaired) electrons. The summed E-state index contributed by atoms with van der Waals surface area (Å²) in [6, 6.07) is -1.15. The van der Waals surface area contributed by atoms with Crippen molar-refractivity contribution in [2.45, 2.75) is 18.6 Å². The molecule has 0 aliphatic heterocycles. The molecule has 0 amide bonds. The fourth-order valence-corrected chi connectivity index (χ4v) is 1.70. The van der Waals surface area contributed by atoms with E-state index in [-0.39, 0.29) is 10.3 Å². The molecule has 0 bridgehead atoms. The Labute approximate surface area is 86.4 Å². The molecule has 14 heavy (non-hydrogen) atoms. The first kappa shape index (κ1) is 11.4. The van der Waals surface area contributed by atoms with Crippen molar-refractivity contribution >= 4 is 15.9 Å². The molecular formula is C6H8BrF3N4. The highest BCUT2D eigenvalue weighted by atomic mass is 79.9. The van der Waals surface area contributed by atoms with Gasteiger partial charge < -0.3 is 5.73 Å². The second kappa shape index (κ2) is 3.85. The lowest BCUT2D eigenvalue weighted by Crippen LogP contribution is -2.22. The van der Waals surface area contributed by atoms with Gasteiger partial charge in [0, 0.05) is 7.05 Å². The van der Waals surface area contributed by atoms with Crippen LogP contribution in [0.4, 0.5) is 13.2 Å². The summed E-state index contributed by atoms with van der Waals surface area (Å²) in [7, 11) is 1.49. The summed E-state index contributed by atoms with van der Waals surface area (Å²) < 4.78 is 37.5. The quantitative estimate of drug-likeness (QED) is 0.889. The van der Waals surface area contributed by atoms with Crippen molar-refractivity contribution in [1.82, 2.24) is 15.0 Å². The number of nitrogens with two attached hydrogens (primary N) is 1. The number of aromatic nitrogens is 3. The van der Waals surface area contributed by atoms with Crippen molar-refractivity contribution in [2.75, 3.05) is 0 Å². The van der Waals surface area contributed by atoms with Gasteiger partial charge in [-0.15, -0.1) is 5.10 Å². The Morgan fingerprint density at radius 3 is 2.50 bits per heavy atom. The lowest BCUT2D eigenvalue weighted by molar-refractivity contribution is -0.138. The topological polar surface area (TPSA) is 56.7 Å². The van der Waals surface area contributed by atoms with Crippen molar-refractivity contribution in [3.05, 3.63) is 10.3 Å². The summed E-state index contributed by atoms with van der Waals surface area (Å²) in [6.07, 6.45) is -5.38. The van der Waals surface area contributed by atoms with E-state index in [1.807, 2.05) is 0 Å². The second-order valence-electron chi connectivity index (χ2n) is 2.81. The zero-order valence-corrected chi connectivity index (χ0v) is 8.80. The summed E-state index contributed by atoms with van der Waals surface area (Å²) in [5.74, 6) is 0. The van der Waals surface area contributed by atoms with Gasteiger partial charge in [-0.05, 0) is 15.9 Å². The zero-order chi connectivity index (χ0) is 10.9. The predicted molar refractivity (Wildman–Crippen MR) is 46.3 cm³/mol. The maximum atomic E-state index is 12.0. The third kappa shape index (κ3) is 2.68. The standard InChI is InChI=1S/C6H8BrF3N4/c1-14-4(5(7)12-13-14)3(11)2-6(8,9)10/h3H,2,11H2,1H3/t3-/m0/s1. The van der Waals surface area contributed by atoms with Gasteiger partial charge in [0.25, 0.3) is 0 Å². The van der Waals surface area contributed by atoms with Crippen molar-refractivity contribution in [3.63, 3.8) is 0 Å². The summed E-state index contributed by atoms with van der Waals surface area (Å²) >= 11 is 2.98. The fraction of sp³-hybridized carbons (Fsp3) is 0.667. The van der Waals surface area contributed by atoms with E-state index >= 15 is 0 Å². The molecular weight excluding hydrogens is 265 g/mol. The molecule has 2 N–H and O–H groups in total. The molecule has 0 saturated heterocycles. The molecule has 0 aliphatic rings. The molecule has 80 valence electrons. The van der Waals surface area contributed by atoms with Crippen LogP contribution in [0.1, 0.15) is 18.2 Å². The van der Waals surface area contributed by atoms with Gasteiger partial charge in [0.05, 0.1) is 18.2 Å². The number of hydrogen-bond donors (Lipinski definition) is 1. The van der Waals surface area contributed by atoms with Crippen LogP contribution in [-0.2, 0) is 7.05 Å². The van der Waals surface area contributed by atoms with Crippen molar-refractivity contribution in [3.8, 4) is 0 Å². The van der Waals surface area contributed by atoms with Gasteiger partial charge in [0.1, 0.15) is 0 Å². The molecule has 0 fully saturated rings. The lowest BCUT2D eigenvalue weighted by atomic mass is 10.1. The molecule has 1 aromatic rings. The molecule has 1 atom stereocenters. The van der Waals surface area contributed by atoms with Gasteiger partial charge in [0.2, 0.25) is 0 Å². The van der Waals surface area contributed by atoms with Crippen molar-refractivity contribution in [1.29, 1.82) is 0 Å². The average molecular weight is 273 g/mol. The summed E-state index contributed by atoms with van der Waals surface area (Å²) in [4.78, 5) is 0. The number of nitrogens with zero attached hydrogens (tertiary/aromatic N) is 3. The van der Waals surface area contributed by atoms with Crippen LogP contribution in [-0.4, -0.2) is 21.2 Å². The number of alkyl halides is 3. The number of hydrogen-bond acceptors (Lipinski definition) is 3. The number of aryl methyl sites for hydroxylation is 1. The van der Waals surface area contributed by atoms with Crippen LogP contribution in [0, 0.1) is 0 Å². The Kier molecular flexibility index (Phi) is 3.15. The number of halogens is 4. The zero-order valence-electron chi connectivity index (χ0n) is 7.22. The van der Waals surface area contributed by atoms with E-state index in [1.54, 1.807) is 0 Å². The van der Waals surface area contributed by atoms with E-state index in [2.05, 4.69) is 26.2 Å². The van der Waals surface area contributed by atoms with Crippen LogP contribution in [0.15, 0.2) is 4.60 Å². The molecule has 0 saturated carbocycles. The van der Waals surface area contributed by atoms with Crippen LogP contribution in [0.5, 0.6) is 0 Å². The van der Waals surface area contributed by atoms with Crippen molar-refractivity contribution in [2.24, 2.45) is 12.8 Å². The maximum Gasteiger partial charge on any atom is 0.390 e. The largest absolute Gasteiger partial charge is 0.390 e. The van der Waals surface area contributed by atoms with E-state index in [9.17, 15) is 13.2 Å². The first-order valence-electron chi connectivity index (χ1n) is 3.68. The Balaban J connectivity index is 2.84. The van der Waals surface area contributed by atoms with Crippen LogP contribution in [0.2, 0.25) is 0 Å². The summed E-state index contributed by atoms with van der Waals surface area (Å²) in [5.41, 5.74) is 5.61. The molecule has 0 aromatic carbocycles. The Bertz CT molecular complexity index is 302. The van der Waals surface area contributed by atoms with Crippen LogP contribution in [0.3, 0.4) is 0 Å².